The third-order valence-electron chi connectivity index (χ3n) is 2.81. The Bertz CT molecular complexity index is 702. The van der Waals surface area contributed by atoms with Crippen molar-refractivity contribution in [1.29, 1.82) is 0 Å². The molecule has 0 unspecified atom stereocenters. The second-order valence-electron chi connectivity index (χ2n) is 4.46. The van der Waals surface area contributed by atoms with E-state index < -0.39 is 5.91 Å². The van der Waals surface area contributed by atoms with E-state index in [0.29, 0.717) is 17.1 Å². The lowest BCUT2D eigenvalue weighted by atomic mass is 10.2. The second-order valence-corrected chi connectivity index (χ2v) is 5.38. The molecule has 6 nitrogen and oxygen atoms in total. The fourth-order valence-corrected chi connectivity index (χ4v) is 1.91. The van der Waals surface area contributed by atoms with Gasteiger partial charge in [0.05, 0.1) is 13.3 Å². The molecule has 0 aliphatic carbocycles. The van der Waals surface area contributed by atoms with Gasteiger partial charge in [-0.05, 0) is 36.4 Å². The normalized spacial score (nSPS) is 10.5. The molecule has 0 saturated heterocycles. The fourth-order valence-electron chi connectivity index (χ4n) is 1.65. The summed E-state index contributed by atoms with van der Waals surface area (Å²) >= 11 is 3.31. The van der Waals surface area contributed by atoms with Gasteiger partial charge >= 0.3 is 0 Å². The number of carbonyl (C=O) groups excluding carboxylic acids is 1. The number of aromatic hydroxyl groups is 1. The van der Waals surface area contributed by atoms with Crippen molar-refractivity contribution in [2.45, 2.75) is 0 Å². The quantitative estimate of drug-likeness (QED) is 0.598. The van der Waals surface area contributed by atoms with Crippen LogP contribution in [0.2, 0.25) is 0 Å². The highest BCUT2D eigenvalue weighted by Crippen LogP contribution is 2.21. The Balaban J connectivity index is 1.83. The molecule has 120 valence electrons. The van der Waals surface area contributed by atoms with E-state index >= 15 is 0 Å². The Morgan fingerprint density at radius 3 is 2.61 bits per heavy atom. The number of ether oxygens (including phenoxy) is 2. The summed E-state index contributed by atoms with van der Waals surface area (Å²) in [5.74, 6) is 0.720. The largest absolute Gasteiger partial charge is 0.507 e. The van der Waals surface area contributed by atoms with Gasteiger partial charge in [0.15, 0.2) is 6.61 Å². The number of methoxy groups -OCH3 is 1. The van der Waals surface area contributed by atoms with Crippen LogP contribution < -0.4 is 14.9 Å². The van der Waals surface area contributed by atoms with Crippen molar-refractivity contribution in [3.63, 3.8) is 0 Å². The number of phenols is 1. The number of carbonyl (C=O) groups is 1. The maximum absolute atomic E-state index is 11.6. The van der Waals surface area contributed by atoms with E-state index in [-0.39, 0.29) is 12.4 Å². The van der Waals surface area contributed by atoms with Gasteiger partial charge in [-0.25, -0.2) is 5.43 Å². The van der Waals surface area contributed by atoms with Crippen LogP contribution in [-0.4, -0.2) is 30.9 Å². The Morgan fingerprint density at radius 1 is 1.26 bits per heavy atom. The van der Waals surface area contributed by atoms with E-state index in [1.165, 1.54) is 19.4 Å². The number of halogens is 1. The highest BCUT2D eigenvalue weighted by Gasteiger charge is 2.03. The van der Waals surface area contributed by atoms with Crippen LogP contribution in [0.1, 0.15) is 5.56 Å². The van der Waals surface area contributed by atoms with E-state index in [1.54, 1.807) is 24.3 Å². The minimum absolute atomic E-state index is 0.00783. The highest BCUT2D eigenvalue weighted by atomic mass is 79.9. The molecule has 0 saturated carbocycles. The molecule has 2 aromatic carbocycles. The standard InChI is InChI=1S/C16H15BrN2O4/c1-22-14-5-2-11(15(20)8-14)9-18-19-16(21)10-23-13-6-3-12(17)4-7-13/h2-9,20H,10H2,1H3,(H,19,21). The molecular weight excluding hydrogens is 364 g/mol. The van der Waals surface area contributed by atoms with Crippen molar-refractivity contribution in [1.82, 2.24) is 5.43 Å². The van der Waals surface area contributed by atoms with Gasteiger partial charge in [0, 0.05) is 16.1 Å². The minimum Gasteiger partial charge on any atom is -0.507 e. The Hall–Kier alpha value is -2.54. The molecule has 0 fully saturated rings. The van der Waals surface area contributed by atoms with E-state index in [0.717, 1.165) is 4.47 Å². The SMILES string of the molecule is COc1ccc(C=NNC(=O)COc2ccc(Br)cc2)c(O)c1. The lowest BCUT2D eigenvalue weighted by Crippen LogP contribution is -2.24. The zero-order valence-corrected chi connectivity index (χ0v) is 13.9. The first-order valence-electron chi connectivity index (χ1n) is 6.66. The van der Waals surface area contributed by atoms with Crippen molar-refractivity contribution in [2.24, 2.45) is 5.10 Å². The molecule has 2 N–H and O–H groups in total. The number of rotatable bonds is 6. The molecular formula is C16H15BrN2O4. The van der Waals surface area contributed by atoms with Crippen molar-refractivity contribution in [3.8, 4) is 17.2 Å². The molecule has 0 aliphatic rings. The summed E-state index contributed by atoms with van der Waals surface area (Å²) in [7, 11) is 1.51. The highest BCUT2D eigenvalue weighted by molar-refractivity contribution is 9.10. The van der Waals surface area contributed by atoms with Crippen molar-refractivity contribution in [3.05, 3.63) is 52.5 Å². The van der Waals surface area contributed by atoms with Gasteiger partial charge in [-0.3, -0.25) is 4.79 Å². The van der Waals surface area contributed by atoms with Gasteiger partial charge < -0.3 is 14.6 Å². The van der Waals surface area contributed by atoms with Crippen LogP contribution in [-0.2, 0) is 4.79 Å². The summed E-state index contributed by atoms with van der Waals surface area (Å²) in [4.78, 5) is 11.6. The molecule has 0 atom stereocenters. The molecule has 0 aliphatic heterocycles. The zero-order chi connectivity index (χ0) is 16.7. The molecule has 0 radical (unpaired) electrons. The summed E-state index contributed by atoms with van der Waals surface area (Å²) in [6.45, 7) is -0.159. The summed E-state index contributed by atoms with van der Waals surface area (Å²) in [5.41, 5.74) is 2.78. The Kier molecular flexibility index (Phi) is 5.99. The third kappa shape index (κ3) is 5.30. The van der Waals surface area contributed by atoms with Crippen LogP contribution in [0.25, 0.3) is 0 Å². The summed E-state index contributed by atoms with van der Waals surface area (Å²) in [5, 5.41) is 13.5. The molecule has 7 heteroatoms. The molecule has 0 aromatic heterocycles. The molecule has 2 aromatic rings. The Labute approximate surface area is 141 Å². The van der Waals surface area contributed by atoms with Crippen LogP contribution in [0.4, 0.5) is 0 Å². The minimum atomic E-state index is -0.405. The average molecular weight is 379 g/mol. The molecule has 0 heterocycles. The predicted molar refractivity (Wildman–Crippen MR) is 90.0 cm³/mol. The smallest absolute Gasteiger partial charge is 0.277 e. The molecule has 0 spiro atoms. The average Bonchev–Trinajstić information content (AvgIpc) is 2.55. The van der Waals surface area contributed by atoms with Crippen LogP contribution >= 0.6 is 15.9 Å². The first-order valence-corrected chi connectivity index (χ1v) is 7.45. The summed E-state index contributed by atoms with van der Waals surface area (Å²) < 4.78 is 11.2. The van der Waals surface area contributed by atoms with E-state index in [2.05, 4.69) is 26.5 Å². The molecule has 1 amide bonds. The van der Waals surface area contributed by atoms with E-state index in [1.807, 2.05) is 12.1 Å². The van der Waals surface area contributed by atoms with E-state index in [9.17, 15) is 9.90 Å². The summed E-state index contributed by atoms with van der Waals surface area (Å²) in [6.07, 6.45) is 1.34. The van der Waals surface area contributed by atoms with Crippen molar-refractivity contribution < 1.29 is 19.4 Å². The van der Waals surface area contributed by atoms with Crippen molar-refractivity contribution >= 4 is 28.1 Å². The number of nitrogens with zero attached hydrogens (tertiary/aromatic N) is 1. The van der Waals surface area contributed by atoms with Crippen LogP contribution in [0.5, 0.6) is 17.2 Å². The lowest BCUT2D eigenvalue weighted by molar-refractivity contribution is -0.123. The predicted octanol–water partition coefficient (Wildman–Crippen LogP) is 2.69. The van der Waals surface area contributed by atoms with Gasteiger partial charge in [0.2, 0.25) is 0 Å². The maximum atomic E-state index is 11.6. The molecule has 0 bridgehead atoms. The third-order valence-corrected chi connectivity index (χ3v) is 3.34. The first-order chi connectivity index (χ1) is 11.1. The van der Waals surface area contributed by atoms with Gasteiger partial charge in [-0.2, -0.15) is 5.10 Å². The van der Waals surface area contributed by atoms with Crippen molar-refractivity contribution in [2.75, 3.05) is 13.7 Å². The van der Waals surface area contributed by atoms with Crippen LogP contribution in [0.3, 0.4) is 0 Å². The lowest BCUT2D eigenvalue weighted by Gasteiger charge is -2.05. The van der Waals surface area contributed by atoms with Gasteiger partial charge in [-0.15, -0.1) is 0 Å². The number of hydrogen-bond acceptors (Lipinski definition) is 5. The number of benzene rings is 2. The maximum Gasteiger partial charge on any atom is 0.277 e. The number of nitrogens with one attached hydrogen (secondary N) is 1. The van der Waals surface area contributed by atoms with Gasteiger partial charge in [0.25, 0.3) is 5.91 Å². The van der Waals surface area contributed by atoms with E-state index in [4.69, 9.17) is 9.47 Å². The number of amides is 1. The monoisotopic (exact) mass is 378 g/mol. The number of hydrazone groups is 1. The number of hydrogen-bond donors (Lipinski definition) is 2. The summed E-state index contributed by atoms with van der Waals surface area (Å²) in [6, 6.07) is 11.9. The van der Waals surface area contributed by atoms with Gasteiger partial charge in [-0.1, -0.05) is 15.9 Å². The fraction of sp³-hybridized carbons (Fsp3) is 0.125. The zero-order valence-electron chi connectivity index (χ0n) is 12.3. The van der Waals surface area contributed by atoms with Crippen LogP contribution in [0, 0.1) is 0 Å². The second kappa shape index (κ2) is 8.19. The van der Waals surface area contributed by atoms with Crippen LogP contribution in [0.15, 0.2) is 52.0 Å². The topological polar surface area (TPSA) is 80.2 Å². The number of phenolic OH excluding ortho intramolecular Hbond substituents is 1. The molecule has 2 rings (SSSR count). The first kappa shape index (κ1) is 16.8. The van der Waals surface area contributed by atoms with Gasteiger partial charge in [0.1, 0.15) is 17.2 Å². The Morgan fingerprint density at radius 2 is 1.96 bits per heavy atom. The molecule has 23 heavy (non-hydrogen) atoms.